The van der Waals surface area contributed by atoms with Crippen LogP contribution in [0.15, 0.2) is 0 Å². The lowest BCUT2D eigenvalue weighted by Crippen LogP contribution is -2.47. The number of rotatable bonds is 7. The van der Waals surface area contributed by atoms with Crippen molar-refractivity contribution in [1.29, 1.82) is 0 Å². The highest BCUT2D eigenvalue weighted by molar-refractivity contribution is 4.97. The highest BCUT2D eigenvalue weighted by Gasteiger charge is 2.41. The second-order valence-electron chi connectivity index (χ2n) is 6.63. The molecule has 1 fully saturated rings. The molecule has 0 saturated heterocycles. The molecule has 0 aromatic carbocycles. The second kappa shape index (κ2) is 6.88. The van der Waals surface area contributed by atoms with Crippen molar-refractivity contribution >= 4 is 0 Å². The average Bonchev–Trinajstić information content (AvgIpc) is 2.56. The molecule has 1 saturated carbocycles. The molecule has 2 N–H and O–H groups in total. The molecule has 2 atom stereocenters. The highest BCUT2D eigenvalue weighted by Crippen LogP contribution is 2.41. The molecule has 3 heteroatoms. The third kappa shape index (κ3) is 3.94. The van der Waals surface area contributed by atoms with Crippen molar-refractivity contribution in [1.82, 2.24) is 10.2 Å². The summed E-state index contributed by atoms with van der Waals surface area (Å²) >= 11 is 0. The summed E-state index contributed by atoms with van der Waals surface area (Å²) in [5, 5.41) is 12.9. The molecule has 18 heavy (non-hydrogen) atoms. The Balaban J connectivity index is 2.64. The summed E-state index contributed by atoms with van der Waals surface area (Å²) in [6.07, 6.45) is 2.61. The third-order valence-corrected chi connectivity index (χ3v) is 4.48. The Kier molecular flexibility index (Phi) is 6.09. The van der Waals surface area contributed by atoms with Crippen LogP contribution in [0, 0.1) is 11.3 Å². The van der Waals surface area contributed by atoms with Crippen LogP contribution in [0.25, 0.3) is 0 Å². The van der Waals surface area contributed by atoms with E-state index in [0.717, 1.165) is 19.6 Å². The zero-order chi connectivity index (χ0) is 13.8. The maximum Gasteiger partial charge on any atom is 0.0558 e. The Morgan fingerprint density at radius 1 is 1.39 bits per heavy atom. The fraction of sp³-hybridized carbons (Fsp3) is 1.00. The number of hydrogen-bond donors (Lipinski definition) is 2. The van der Waals surface area contributed by atoms with Crippen LogP contribution in [0.3, 0.4) is 0 Å². The quantitative estimate of drug-likeness (QED) is 0.732. The number of nitrogens with zero attached hydrogens (tertiary/aromatic N) is 1. The maximum absolute atomic E-state index is 9.17. The Bertz CT molecular complexity index is 241. The molecule has 0 heterocycles. The van der Waals surface area contributed by atoms with Gasteiger partial charge in [-0.05, 0) is 44.6 Å². The van der Waals surface area contributed by atoms with Gasteiger partial charge < -0.3 is 10.4 Å². The lowest BCUT2D eigenvalue weighted by atomic mass is 9.84. The van der Waals surface area contributed by atoms with Gasteiger partial charge in [0.2, 0.25) is 0 Å². The molecule has 1 aliphatic rings. The van der Waals surface area contributed by atoms with Gasteiger partial charge in [-0.25, -0.2) is 0 Å². The van der Waals surface area contributed by atoms with Crippen molar-refractivity contribution in [3.05, 3.63) is 0 Å². The first-order valence-corrected chi connectivity index (χ1v) is 7.50. The Morgan fingerprint density at radius 2 is 2.06 bits per heavy atom. The number of aliphatic hydroxyl groups excluding tert-OH is 1. The molecule has 1 rings (SSSR count). The lowest BCUT2D eigenvalue weighted by Gasteiger charge is -2.35. The summed E-state index contributed by atoms with van der Waals surface area (Å²) < 4.78 is 0. The van der Waals surface area contributed by atoms with Crippen LogP contribution < -0.4 is 5.32 Å². The Morgan fingerprint density at radius 3 is 2.56 bits per heavy atom. The molecule has 0 amide bonds. The number of hydrogen-bond acceptors (Lipinski definition) is 3. The van der Waals surface area contributed by atoms with Crippen molar-refractivity contribution in [3.8, 4) is 0 Å². The summed E-state index contributed by atoms with van der Waals surface area (Å²) in [7, 11) is 0. The van der Waals surface area contributed by atoms with E-state index in [1.54, 1.807) is 0 Å². The fourth-order valence-electron chi connectivity index (χ4n) is 3.37. The van der Waals surface area contributed by atoms with E-state index < -0.39 is 0 Å². The summed E-state index contributed by atoms with van der Waals surface area (Å²) in [6.45, 7) is 14.6. The van der Waals surface area contributed by atoms with Gasteiger partial charge in [0.05, 0.1) is 6.61 Å². The minimum absolute atomic E-state index is 0.264. The van der Waals surface area contributed by atoms with E-state index in [1.165, 1.54) is 12.8 Å². The molecule has 2 unspecified atom stereocenters. The number of aliphatic hydroxyl groups is 1. The fourth-order valence-corrected chi connectivity index (χ4v) is 3.37. The summed E-state index contributed by atoms with van der Waals surface area (Å²) in [4.78, 5) is 2.41. The standard InChI is InChI=1S/C15H32N2O/c1-6-16-14-13(7-8-15(14,4)5)11-17(9-10-18)12(2)3/h12-14,16,18H,6-11H2,1-5H3. The third-order valence-electron chi connectivity index (χ3n) is 4.48. The monoisotopic (exact) mass is 256 g/mol. The van der Waals surface area contributed by atoms with Crippen LogP contribution in [0.4, 0.5) is 0 Å². The zero-order valence-corrected chi connectivity index (χ0v) is 12.9. The molecule has 0 aliphatic heterocycles. The van der Waals surface area contributed by atoms with Gasteiger partial charge in [0.15, 0.2) is 0 Å². The zero-order valence-electron chi connectivity index (χ0n) is 12.9. The van der Waals surface area contributed by atoms with E-state index in [9.17, 15) is 5.11 Å². The first-order valence-electron chi connectivity index (χ1n) is 7.50. The highest BCUT2D eigenvalue weighted by atomic mass is 16.3. The minimum atomic E-state index is 0.264. The predicted octanol–water partition coefficient (Wildman–Crippen LogP) is 2.10. The Labute approximate surface area is 113 Å². The maximum atomic E-state index is 9.17. The predicted molar refractivity (Wildman–Crippen MR) is 77.8 cm³/mol. The molecule has 0 bridgehead atoms. The summed E-state index contributed by atoms with van der Waals surface area (Å²) in [6, 6.07) is 1.13. The van der Waals surface area contributed by atoms with Crippen LogP contribution >= 0.6 is 0 Å². The molecule has 1 aliphatic carbocycles. The van der Waals surface area contributed by atoms with Gasteiger partial charge in [0.1, 0.15) is 0 Å². The van der Waals surface area contributed by atoms with E-state index in [1.807, 2.05) is 0 Å². The molecule has 0 aromatic heterocycles. The van der Waals surface area contributed by atoms with E-state index in [-0.39, 0.29) is 6.61 Å². The van der Waals surface area contributed by atoms with E-state index in [0.29, 0.717) is 23.4 Å². The molecule has 3 nitrogen and oxygen atoms in total. The van der Waals surface area contributed by atoms with Crippen LogP contribution in [0.5, 0.6) is 0 Å². The van der Waals surface area contributed by atoms with Gasteiger partial charge in [-0.2, -0.15) is 0 Å². The first-order chi connectivity index (χ1) is 8.42. The summed E-state index contributed by atoms with van der Waals surface area (Å²) in [5.41, 5.74) is 0.405. The van der Waals surface area contributed by atoms with Gasteiger partial charge in [0.25, 0.3) is 0 Å². The van der Waals surface area contributed by atoms with E-state index in [4.69, 9.17) is 0 Å². The number of nitrogens with one attached hydrogen (secondary N) is 1. The second-order valence-corrected chi connectivity index (χ2v) is 6.63. The van der Waals surface area contributed by atoms with Gasteiger partial charge in [0, 0.05) is 25.2 Å². The van der Waals surface area contributed by atoms with Crippen LogP contribution in [-0.4, -0.2) is 48.3 Å². The van der Waals surface area contributed by atoms with Gasteiger partial charge in [-0.1, -0.05) is 20.8 Å². The average molecular weight is 256 g/mol. The molecular weight excluding hydrogens is 224 g/mol. The van der Waals surface area contributed by atoms with E-state index in [2.05, 4.69) is 44.8 Å². The van der Waals surface area contributed by atoms with Crippen molar-refractivity contribution < 1.29 is 5.11 Å². The Hall–Kier alpha value is -0.120. The SMILES string of the molecule is CCNC1C(CN(CCO)C(C)C)CCC1(C)C. The van der Waals surface area contributed by atoms with Crippen molar-refractivity contribution in [2.45, 2.75) is 59.5 Å². The molecular formula is C15H32N2O. The van der Waals surface area contributed by atoms with Gasteiger partial charge in [-0.3, -0.25) is 4.90 Å². The van der Waals surface area contributed by atoms with Crippen LogP contribution in [0.1, 0.15) is 47.5 Å². The minimum Gasteiger partial charge on any atom is -0.395 e. The molecule has 0 aromatic rings. The van der Waals surface area contributed by atoms with Gasteiger partial charge >= 0.3 is 0 Å². The van der Waals surface area contributed by atoms with Crippen molar-refractivity contribution in [2.24, 2.45) is 11.3 Å². The van der Waals surface area contributed by atoms with Crippen LogP contribution in [-0.2, 0) is 0 Å². The topological polar surface area (TPSA) is 35.5 Å². The lowest BCUT2D eigenvalue weighted by molar-refractivity contribution is 0.129. The van der Waals surface area contributed by atoms with Crippen molar-refractivity contribution in [2.75, 3.05) is 26.2 Å². The first kappa shape index (κ1) is 15.9. The smallest absolute Gasteiger partial charge is 0.0558 e. The van der Waals surface area contributed by atoms with Crippen LogP contribution in [0.2, 0.25) is 0 Å². The molecule has 108 valence electrons. The normalized spacial score (nSPS) is 27.3. The van der Waals surface area contributed by atoms with Crippen molar-refractivity contribution in [3.63, 3.8) is 0 Å². The molecule has 0 radical (unpaired) electrons. The van der Waals surface area contributed by atoms with E-state index >= 15 is 0 Å². The van der Waals surface area contributed by atoms with Gasteiger partial charge in [-0.15, -0.1) is 0 Å². The molecule has 0 spiro atoms. The summed E-state index contributed by atoms with van der Waals surface area (Å²) in [5.74, 6) is 0.717. The largest absolute Gasteiger partial charge is 0.395 e.